The predicted octanol–water partition coefficient (Wildman–Crippen LogP) is 4.15. The summed E-state index contributed by atoms with van der Waals surface area (Å²) in [5, 5.41) is 12.0. The Morgan fingerprint density at radius 2 is 1.87 bits per heavy atom. The van der Waals surface area contributed by atoms with Gasteiger partial charge in [-0.1, -0.05) is 47.7 Å². The van der Waals surface area contributed by atoms with Crippen molar-refractivity contribution >= 4 is 28.3 Å². The third-order valence-corrected chi connectivity index (χ3v) is 6.38. The van der Waals surface area contributed by atoms with E-state index >= 15 is 0 Å². The van der Waals surface area contributed by atoms with E-state index in [0.29, 0.717) is 47.2 Å². The maximum absolute atomic E-state index is 13.9. The molecular formula is C23H23FN4O2S. The predicted molar refractivity (Wildman–Crippen MR) is 117 cm³/mol. The first-order valence-electron chi connectivity index (χ1n) is 10.2. The zero-order chi connectivity index (χ0) is 21.8. The number of nitrogens with one attached hydrogen (secondary N) is 1. The van der Waals surface area contributed by atoms with E-state index < -0.39 is 5.41 Å². The number of benzene rings is 2. The quantitative estimate of drug-likeness (QED) is 0.649. The number of rotatable bonds is 5. The first-order chi connectivity index (χ1) is 14.9. The normalized spacial score (nSPS) is 18.6. The van der Waals surface area contributed by atoms with E-state index in [0.717, 1.165) is 6.42 Å². The number of hydrogen-bond donors (Lipinski definition) is 1. The highest BCUT2D eigenvalue weighted by atomic mass is 32.1. The number of piperidine rings is 1. The van der Waals surface area contributed by atoms with Crippen LogP contribution in [0.15, 0.2) is 54.6 Å². The Hall–Kier alpha value is -3.13. The fourth-order valence-corrected chi connectivity index (χ4v) is 4.55. The van der Waals surface area contributed by atoms with Gasteiger partial charge < -0.3 is 4.90 Å². The highest BCUT2D eigenvalue weighted by Gasteiger charge is 2.40. The van der Waals surface area contributed by atoms with Crippen LogP contribution in [-0.2, 0) is 11.2 Å². The molecule has 6 nitrogen and oxygen atoms in total. The Morgan fingerprint density at radius 3 is 2.65 bits per heavy atom. The summed E-state index contributed by atoms with van der Waals surface area (Å²) in [6.45, 7) is 2.84. The molecule has 0 spiro atoms. The molecule has 1 aromatic heterocycles. The molecule has 160 valence electrons. The SMILES string of the molecule is CC1(C(=O)Nc2nnc(Cc3ccccc3F)s2)CCCN(C(=O)c2ccccc2)C1. The molecule has 0 saturated carbocycles. The Bertz CT molecular complexity index is 1090. The topological polar surface area (TPSA) is 75.2 Å². The fourth-order valence-electron chi connectivity index (χ4n) is 3.79. The highest BCUT2D eigenvalue weighted by molar-refractivity contribution is 7.15. The molecule has 1 saturated heterocycles. The number of hydrogen-bond acceptors (Lipinski definition) is 5. The number of nitrogens with zero attached hydrogens (tertiary/aromatic N) is 3. The van der Waals surface area contributed by atoms with Gasteiger partial charge in [-0.2, -0.15) is 0 Å². The zero-order valence-corrected chi connectivity index (χ0v) is 18.0. The number of amides is 2. The van der Waals surface area contributed by atoms with Crippen molar-refractivity contribution in [3.05, 3.63) is 76.5 Å². The Morgan fingerprint density at radius 1 is 1.13 bits per heavy atom. The minimum atomic E-state index is -0.722. The van der Waals surface area contributed by atoms with Crippen molar-refractivity contribution < 1.29 is 14.0 Å². The van der Waals surface area contributed by atoms with Crippen LogP contribution in [0.3, 0.4) is 0 Å². The van der Waals surface area contributed by atoms with Gasteiger partial charge in [0.25, 0.3) is 5.91 Å². The molecule has 3 aromatic rings. The van der Waals surface area contributed by atoms with E-state index in [2.05, 4.69) is 15.5 Å². The lowest BCUT2D eigenvalue weighted by molar-refractivity contribution is -0.127. The van der Waals surface area contributed by atoms with E-state index in [9.17, 15) is 14.0 Å². The number of anilines is 1. The van der Waals surface area contributed by atoms with Crippen LogP contribution < -0.4 is 5.32 Å². The summed E-state index contributed by atoms with van der Waals surface area (Å²) in [6.07, 6.45) is 1.74. The number of halogens is 1. The molecule has 0 radical (unpaired) electrons. The van der Waals surface area contributed by atoms with Gasteiger partial charge in [0.15, 0.2) is 0 Å². The van der Waals surface area contributed by atoms with E-state index in [1.165, 1.54) is 17.4 Å². The molecule has 1 fully saturated rings. The Balaban J connectivity index is 1.41. The van der Waals surface area contributed by atoms with Gasteiger partial charge >= 0.3 is 0 Å². The summed E-state index contributed by atoms with van der Waals surface area (Å²) in [7, 11) is 0. The van der Waals surface area contributed by atoms with Crippen LogP contribution in [0, 0.1) is 11.2 Å². The summed E-state index contributed by atoms with van der Waals surface area (Å²) in [5.74, 6) is -0.546. The van der Waals surface area contributed by atoms with Crippen LogP contribution in [0.2, 0.25) is 0 Å². The lowest BCUT2D eigenvalue weighted by atomic mass is 9.80. The number of carbonyl (C=O) groups is 2. The second-order valence-corrected chi connectivity index (χ2v) is 9.04. The standard InChI is InChI=1S/C23H23FN4O2S/c1-23(12-7-13-28(15-23)20(29)16-8-3-2-4-9-16)21(30)25-22-27-26-19(31-22)14-17-10-5-6-11-18(17)24/h2-6,8-11H,7,12-15H2,1H3,(H,25,27,30). The molecule has 31 heavy (non-hydrogen) atoms. The molecule has 8 heteroatoms. The van der Waals surface area contributed by atoms with Gasteiger partial charge in [-0.05, 0) is 43.5 Å². The summed E-state index contributed by atoms with van der Waals surface area (Å²) in [4.78, 5) is 27.6. The van der Waals surface area contributed by atoms with Crippen LogP contribution in [0.1, 0.15) is 40.7 Å². The summed E-state index contributed by atoms with van der Waals surface area (Å²) in [5.41, 5.74) is 0.431. The molecule has 1 N–H and O–H groups in total. The van der Waals surface area contributed by atoms with E-state index in [1.807, 2.05) is 25.1 Å². The van der Waals surface area contributed by atoms with E-state index in [4.69, 9.17) is 0 Å². The largest absolute Gasteiger partial charge is 0.338 e. The third kappa shape index (κ3) is 4.80. The molecule has 1 aliphatic heterocycles. The monoisotopic (exact) mass is 438 g/mol. The van der Waals surface area contributed by atoms with Crippen LogP contribution >= 0.6 is 11.3 Å². The van der Waals surface area contributed by atoms with Gasteiger partial charge in [-0.15, -0.1) is 10.2 Å². The smallest absolute Gasteiger partial charge is 0.253 e. The number of carbonyl (C=O) groups excluding carboxylic acids is 2. The van der Waals surface area contributed by atoms with Crippen molar-refractivity contribution in [3.8, 4) is 0 Å². The van der Waals surface area contributed by atoms with Gasteiger partial charge in [-0.3, -0.25) is 14.9 Å². The minimum absolute atomic E-state index is 0.0672. The summed E-state index contributed by atoms with van der Waals surface area (Å²) in [6, 6.07) is 15.6. The van der Waals surface area contributed by atoms with Gasteiger partial charge in [0.05, 0.1) is 5.41 Å². The second kappa shape index (κ2) is 8.93. The van der Waals surface area contributed by atoms with E-state index in [-0.39, 0.29) is 17.6 Å². The van der Waals surface area contributed by atoms with Crippen LogP contribution in [-0.4, -0.2) is 40.0 Å². The molecule has 2 aromatic carbocycles. The summed E-state index contributed by atoms with van der Waals surface area (Å²) < 4.78 is 13.9. The number of likely N-dealkylation sites (tertiary alicyclic amines) is 1. The van der Waals surface area contributed by atoms with Gasteiger partial charge in [0.2, 0.25) is 11.0 Å². The Kier molecular flexibility index (Phi) is 6.08. The Labute approximate surface area is 184 Å². The fraction of sp³-hybridized carbons (Fsp3) is 0.304. The lowest BCUT2D eigenvalue weighted by Crippen LogP contribution is -2.50. The van der Waals surface area contributed by atoms with Crippen LogP contribution in [0.5, 0.6) is 0 Å². The van der Waals surface area contributed by atoms with Crippen LogP contribution in [0.25, 0.3) is 0 Å². The number of aromatic nitrogens is 2. The van der Waals surface area contributed by atoms with Gasteiger partial charge in [-0.25, -0.2) is 4.39 Å². The molecule has 2 heterocycles. The maximum atomic E-state index is 13.9. The van der Waals surface area contributed by atoms with Crippen molar-refractivity contribution in [1.82, 2.24) is 15.1 Å². The highest BCUT2D eigenvalue weighted by Crippen LogP contribution is 2.32. The molecule has 1 unspecified atom stereocenters. The maximum Gasteiger partial charge on any atom is 0.253 e. The molecule has 0 bridgehead atoms. The molecule has 0 aliphatic carbocycles. The molecule has 4 rings (SSSR count). The van der Waals surface area contributed by atoms with Gasteiger partial charge in [0, 0.05) is 25.1 Å². The molecule has 1 atom stereocenters. The van der Waals surface area contributed by atoms with Crippen molar-refractivity contribution in [3.63, 3.8) is 0 Å². The van der Waals surface area contributed by atoms with Crippen molar-refractivity contribution in [1.29, 1.82) is 0 Å². The first kappa shape index (κ1) is 21.1. The average Bonchev–Trinajstić information content (AvgIpc) is 3.22. The third-order valence-electron chi connectivity index (χ3n) is 5.54. The van der Waals surface area contributed by atoms with Crippen molar-refractivity contribution in [2.45, 2.75) is 26.2 Å². The molecule has 2 amide bonds. The molecular weight excluding hydrogens is 415 g/mol. The summed E-state index contributed by atoms with van der Waals surface area (Å²) >= 11 is 1.23. The molecule has 1 aliphatic rings. The first-order valence-corrected chi connectivity index (χ1v) is 11.0. The van der Waals surface area contributed by atoms with Crippen LogP contribution in [0.4, 0.5) is 9.52 Å². The average molecular weight is 439 g/mol. The minimum Gasteiger partial charge on any atom is -0.338 e. The van der Waals surface area contributed by atoms with E-state index in [1.54, 1.807) is 35.2 Å². The second-order valence-electron chi connectivity index (χ2n) is 7.98. The lowest BCUT2D eigenvalue weighted by Gasteiger charge is -2.39. The van der Waals surface area contributed by atoms with Gasteiger partial charge in [0.1, 0.15) is 10.8 Å². The van der Waals surface area contributed by atoms with Crippen molar-refractivity contribution in [2.24, 2.45) is 5.41 Å². The zero-order valence-electron chi connectivity index (χ0n) is 17.2. The van der Waals surface area contributed by atoms with Crippen molar-refractivity contribution in [2.75, 3.05) is 18.4 Å².